The van der Waals surface area contributed by atoms with Crippen LogP contribution in [0.3, 0.4) is 0 Å². The molecular formula is C16H18N4O2. The van der Waals surface area contributed by atoms with Gasteiger partial charge in [-0.15, -0.1) is 0 Å². The van der Waals surface area contributed by atoms with Crippen LogP contribution in [0.25, 0.3) is 11.3 Å². The summed E-state index contributed by atoms with van der Waals surface area (Å²) in [6, 6.07) is 7.64. The Labute approximate surface area is 129 Å². The highest BCUT2D eigenvalue weighted by Crippen LogP contribution is 2.40. The monoisotopic (exact) mass is 298 g/mol. The lowest BCUT2D eigenvalue weighted by molar-refractivity contribution is -0.0219. The molecule has 1 atom stereocenters. The Balaban J connectivity index is 1.74. The summed E-state index contributed by atoms with van der Waals surface area (Å²) in [5.74, 6) is 1.38. The van der Waals surface area contributed by atoms with Crippen molar-refractivity contribution < 1.29 is 9.84 Å². The molecule has 114 valence electrons. The Morgan fingerprint density at radius 2 is 1.95 bits per heavy atom. The van der Waals surface area contributed by atoms with Gasteiger partial charge in [0.1, 0.15) is 5.75 Å². The fourth-order valence-corrected chi connectivity index (χ4v) is 2.89. The van der Waals surface area contributed by atoms with Crippen LogP contribution in [0.15, 0.2) is 30.5 Å². The molecule has 2 aliphatic rings. The van der Waals surface area contributed by atoms with E-state index in [1.54, 1.807) is 6.20 Å². The van der Waals surface area contributed by atoms with Gasteiger partial charge in [0.25, 0.3) is 0 Å². The van der Waals surface area contributed by atoms with E-state index in [4.69, 9.17) is 9.72 Å². The van der Waals surface area contributed by atoms with Crippen molar-refractivity contribution in [2.24, 2.45) is 0 Å². The first kappa shape index (κ1) is 13.5. The first-order valence-electron chi connectivity index (χ1n) is 7.47. The molecule has 2 aromatic rings. The van der Waals surface area contributed by atoms with Gasteiger partial charge in [0.05, 0.1) is 11.3 Å². The number of aliphatic hydroxyl groups is 1. The third-order valence-corrected chi connectivity index (χ3v) is 4.24. The molecule has 1 unspecified atom stereocenters. The second-order valence-corrected chi connectivity index (χ2v) is 5.73. The molecule has 3 heterocycles. The molecule has 0 bridgehead atoms. The van der Waals surface area contributed by atoms with Crippen molar-refractivity contribution in [1.29, 1.82) is 0 Å². The van der Waals surface area contributed by atoms with Crippen molar-refractivity contribution in [3.8, 4) is 17.0 Å². The van der Waals surface area contributed by atoms with Gasteiger partial charge >= 0.3 is 0 Å². The lowest BCUT2D eigenvalue weighted by atomic mass is 10.0. The van der Waals surface area contributed by atoms with Crippen molar-refractivity contribution >= 4 is 5.95 Å². The molecule has 0 radical (unpaired) electrons. The first-order chi connectivity index (χ1) is 10.7. The van der Waals surface area contributed by atoms with E-state index in [0.29, 0.717) is 11.3 Å². The summed E-state index contributed by atoms with van der Waals surface area (Å²) in [6.45, 7) is 3.83. The van der Waals surface area contributed by atoms with Crippen LogP contribution in [0.2, 0.25) is 0 Å². The maximum atomic E-state index is 10.1. The largest absolute Gasteiger partial charge is 0.460 e. The predicted octanol–water partition coefficient (Wildman–Crippen LogP) is 1.28. The Morgan fingerprint density at radius 1 is 1.18 bits per heavy atom. The minimum absolute atomic E-state index is 0.622. The second-order valence-electron chi connectivity index (χ2n) is 5.73. The van der Waals surface area contributed by atoms with Gasteiger partial charge in [-0.05, 0) is 19.2 Å². The summed E-state index contributed by atoms with van der Waals surface area (Å²) in [5.41, 5.74) is 2.29. The average Bonchev–Trinajstić information content (AvgIpc) is 2.55. The summed E-state index contributed by atoms with van der Waals surface area (Å²) in [4.78, 5) is 13.6. The molecule has 0 aliphatic carbocycles. The fraction of sp³-hybridized carbons (Fsp3) is 0.375. The average molecular weight is 298 g/mol. The van der Waals surface area contributed by atoms with E-state index in [1.807, 2.05) is 24.3 Å². The molecule has 4 rings (SSSR count). The fourth-order valence-electron chi connectivity index (χ4n) is 2.89. The highest BCUT2D eigenvalue weighted by atomic mass is 16.6. The molecule has 6 heteroatoms. The Morgan fingerprint density at radius 3 is 2.77 bits per heavy atom. The summed E-state index contributed by atoms with van der Waals surface area (Å²) >= 11 is 0. The van der Waals surface area contributed by atoms with Gasteiger partial charge in [0, 0.05) is 37.9 Å². The minimum Gasteiger partial charge on any atom is -0.460 e. The predicted molar refractivity (Wildman–Crippen MR) is 82.8 cm³/mol. The standard InChI is InChI=1S/C16H18N4O2/c1-19-6-8-20(9-7-19)16-17-10-12-14(18-16)11-4-2-3-5-13(11)22-15(12)21/h2-5,10,15,21H,6-9H2,1H3. The van der Waals surface area contributed by atoms with Crippen molar-refractivity contribution in [1.82, 2.24) is 14.9 Å². The molecule has 1 aromatic heterocycles. The molecule has 0 saturated carbocycles. The van der Waals surface area contributed by atoms with E-state index in [2.05, 4.69) is 21.8 Å². The van der Waals surface area contributed by atoms with Crippen LogP contribution < -0.4 is 9.64 Å². The third kappa shape index (κ3) is 2.20. The first-order valence-corrected chi connectivity index (χ1v) is 7.47. The zero-order valence-electron chi connectivity index (χ0n) is 12.4. The zero-order chi connectivity index (χ0) is 15.1. The van der Waals surface area contributed by atoms with Gasteiger partial charge < -0.3 is 19.6 Å². The van der Waals surface area contributed by atoms with Crippen LogP contribution in [0, 0.1) is 0 Å². The zero-order valence-corrected chi connectivity index (χ0v) is 12.4. The maximum absolute atomic E-state index is 10.1. The quantitative estimate of drug-likeness (QED) is 0.856. The van der Waals surface area contributed by atoms with Gasteiger partial charge in [0.2, 0.25) is 12.2 Å². The number of benzene rings is 1. The normalized spacial score (nSPS) is 21.0. The van der Waals surface area contributed by atoms with Gasteiger partial charge in [-0.1, -0.05) is 12.1 Å². The van der Waals surface area contributed by atoms with Crippen molar-refractivity contribution in [3.63, 3.8) is 0 Å². The van der Waals surface area contributed by atoms with Crippen LogP contribution in [0.1, 0.15) is 11.9 Å². The van der Waals surface area contributed by atoms with E-state index in [9.17, 15) is 5.11 Å². The smallest absolute Gasteiger partial charge is 0.227 e. The van der Waals surface area contributed by atoms with E-state index >= 15 is 0 Å². The Hall–Kier alpha value is -2.18. The number of likely N-dealkylation sites (N-methyl/N-ethyl adjacent to an activating group) is 1. The van der Waals surface area contributed by atoms with Crippen LogP contribution in [-0.2, 0) is 0 Å². The van der Waals surface area contributed by atoms with E-state index in [0.717, 1.165) is 43.4 Å². The van der Waals surface area contributed by atoms with Crippen molar-refractivity contribution in [2.45, 2.75) is 6.29 Å². The highest BCUT2D eigenvalue weighted by Gasteiger charge is 2.27. The number of aromatic nitrogens is 2. The number of hydrogen-bond acceptors (Lipinski definition) is 6. The van der Waals surface area contributed by atoms with Crippen LogP contribution in [-0.4, -0.2) is 53.2 Å². The van der Waals surface area contributed by atoms with Crippen molar-refractivity contribution in [2.75, 3.05) is 38.1 Å². The highest BCUT2D eigenvalue weighted by molar-refractivity contribution is 5.72. The SMILES string of the molecule is CN1CCN(c2ncc3c(n2)-c2ccccc2OC3O)CC1. The Bertz CT molecular complexity index is 698. The van der Waals surface area contributed by atoms with Crippen molar-refractivity contribution in [3.05, 3.63) is 36.0 Å². The van der Waals surface area contributed by atoms with Gasteiger partial charge in [-0.2, -0.15) is 0 Å². The number of ether oxygens (including phenoxy) is 1. The molecule has 22 heavy (non-hydrogen) atoms. The number of rotatable bonds is 1. The number of anilines is 1. The summed E-state index contributed by atoms with van der Waals surface area (Å²) in [5, 5.41) is 10.1. The molecule has 0 amide bonds. The Kier molecular flexibility index (Phi) is 3.20. The lowest BCUT2D eigenvalue weighted by Crippen LogP contribution is -2.45. The third-order valence-electron chi connectivity index (χ3n) is 4.24. The van der Waals surface area contributed by atoms with E-state index in [1.165, 1.54) is 0 Å². The number of piperazine rings is 1. The molecule has 2 aliphatic heterocycles. The summed E-state index contributed by atoms with van der Waals surface area (Å²) in [6.07, 6.45) is 0.669. The lowest BCUT2D eigenvalue weighted by Gasteiger charge is -2.33. The molecule has 0 spiro atoms. The molecule has 1 fully saturated rings. The topological polar surface area (TPSA) is 61.7 Å². The maximum Gasteiger partial charge on any atom is 0.227 e. The second kappa shape index (κ2) is 5.23. The van der Waals surface area contributed by atoms with Gasteiger partial charge in [0.15, 0.2) is 0 Å². The molecule has 1 aromatic carbocycles. The van der Waals surface area contributed by atoms with Crippen LogP contribution in [0.5, 0.6) is 5.75 Å². The van der Waals surface area contributed by atoms with Gasteiger partial charge in [-0.3, -0.25) is 0 Å². The summed E-state index contributed by atoms with van der Waals surface area (Å²) < 4.78 is 5.51. The number of fused-ring (bicyclic) bond motifs is 3. The van der Waals surface area contributed by atoms with Crippen LogP contribution >= 0.6 is 0 Å². The molecule has 1 saturated heterocycles. The van der Waals surface area contributed by atoms with Crippen LogP contribution in [0.4, 0.5) is 5.95 Å². The number of aliphatic hydroxyl groups excluding tert-OH is 1. The molecular weight excluding hydrogens is 280 g/mol. The van der Waals surface area contributed by atoms with E-state index < -0.39 is 6.29 Å². The minimum atomic E-state index is -1.01. The summed E-state index contributed by atoms with van der Waals surface area (Å²) in [7, 11) is 2.12. The number of hydrogen-bond donors (Lipinski definition) is 1. The molecule has 1 N–H and O–H groups in total. The van der Waals surface area contributed by atoms with Gasteiger partial charge in [-0.25, -0.2) is 9.97 Å². The van der Waals surface area contributed by atoms with E-state index in [-0.39, 0.29) is 0 Å². The number of nitrogens with zero attached hydrogens (tertiary/aromatic N) is 4. The molecule has 6 nitrogen and oxygen atoms in total. The number of para-hydroxylation sites is 1.